The average molecular weight is 315 g/mol. The minimum absolute atomic E-state index is 0.119. The molecule has 0 aliphatic heterocycles. The standard InChI is InChI=1S/C15H20Cl2N2O/c1-9-6-7-13(10(9)2)18-8-14(20)19-15-11(16)4-3-5-12(15)17/h3-5,9-10,13,18H,6-8H2,1-2H3,(H,19,20). The van der Waals surface area contributed by atoms with Crippen LogP contribution >= 0.6 is 23.2 Å². The van der Waals surface area contributed by atoms with Gasteiger partial charge in [-0.15, -0.1) is 0 Å². The van der Waals surface area contributed by atoms with Crippen molar-refractivity contribution in [2.45, 2.75) is 32.7 Å². The number of amides is 1. The van der Waals surface area contributed by atoms with Crippen LogP contribution in [0.5, 0.6) is 0 Å². The van der Waals surface area contributed by atoms with E-state index in [2.05, 4.69) is 24.5 Å². The van der Waals surface area contributed by atoms with E-state index in [4.69, 9.17) is 23.2 Å². The quantitative estimate of drug-likeness (QED) is 0.883. The molecule has 1 aliphatic carbocycles. The maximum Gasteiger partial charge on any atom is 0.238 e. The van der Waals surface area contributed by atoms with E-state index in [1.807, 2.05) is 0 Å². The molecule has 0 radical (unpaired) electrons. The molecule has 3 atom stereocenters. The first kappa shape index (κ1) is 15.6. The van der Waals surface area contributed by atoms with Crippen LogP contribution in [0.25, 0.3) is 0 Å². The van der Waals surface area contributed by atoms with Crippen molar-refractivity contribution in [2.75, 3.05) is 11.9 Å². The largest absolute Gasteiger partial charge is 0.322 e. The lowest BCUT2D eigenvalue weighted by molar-refractivity contribution is -0.115. The molecule has 1 saturated carbocycles. The molecule has 20 heavy (non-hydrogen) atoms. The Morgan fingerprint density at radius 2 is 1.90 bits per heavy atom. The summed E-state index contributed by atoms with van der Waals surface area (Å²) in [6, 6.07) is 5.58. The van der Waals surface area contributed by atoms with E-state index in [0.717, 1.165) is 6.42 Å². The lowest BCUT2D eigenvalue weighted by atomic mass is 9.98. The van der Waals surface area contributed by atoms with Crippen molar-refractivity contribution in [3.63, 3.8) is 0 Å². The van der Waals surface area contributed by atoms with Crippen LogP contribution in [0.4, 0.5) is 5.69 Å². The van der Waals surface area contributed by atoms with Crippen molar-refractivity contribution < 1.29 is 4.79 Å². The normalized spacial score (nSPS) is 25.7. The first-order chi connectivity index (χ1) is 9.49. The Kier molecular flexibility index (Phi) is 5.30. The van der Waals surface area contributed by atoms with E-state index in [1.54, 1.807) is 18.2 Å². The summed E-state index contributed by atoms with van der Waals surface area (Å²) < 4.78 is 0. The van der Waals surface area contributed by atoms with Gasteiger partial charge in [0, 0.05) is 6.04 Å². The Bertz CT molecular complexity index is 473. The Hall–Kier alpha value is -0.770. The van der Waals surface area contributed by atoms with Gasteiger partial charge in [0.2, 0.25) is 5.91 Å². The van der Waals surface area contributed by atoms with Gasteiger partial charge in [-0.3, -0.25) is 4.79 Å². The van der Waals surface area contributed by atoms with Gasteiger partial charge in [-0.1, -0.05) is 43.1 Å². The number of anilines is 1. The number of hydrogen-bond acceptors (Lipinski definition) is 2. The van der Waals surface area contributed by atoms with Crippen LogP contribution < -0.4 is 10.6 Å². The highest BCUT2D eigenvalue weighted by atomic mass is 35.5. The number of hydrogen-bond donors (Lipinski definition) is 2. The summed E-state index contributed by atoms with van der Waals surface area (Å²) in [5.41, 5.74) is 0.482. The van der Waals surface area contributed by atoms with Crippen LogP contribution in [0, 0.1) is 11.8 Å². The molecule has 0 heterocycles. The third-order valence-corrected chi connectivity index (χ3v) is 4.85. The maximum absolute atomic E-state index is 12.0. The highest BCUT2D eigenvalue weighted by molar-refractivity contribution is 6.39. The number of para-hydroxylation sites is 1. The molecule has 0 spiro atoms. The van der Waals surface area contributed by atoms with Gasteiger partial charge in [0.1, 0.15) is 0 Å². The molecule has 110 valence electrons. The average Bonchev–Trinajstić information content (AvgIpc) is 2.72. The topological polar surface area (TPSA) is 41.1 Å². The second-order valence-electron chi connectivity index (χ2n) is 5.55. The number of nitrogens with one attached hydrogen (secondary N) is 2. The SMILES string of the molecule is CC1CCC(NCC(=O)Nc2c(Cl)cccc2Cl)C1C. The fourth-order valence-corrected chi connectivity index (χ4v) is 3.17. The molecule has 0 aromatic heterocycles. The van der Waals surface area contributed by atoms with E-state index < -0.39 is 0 Å². The summed E-state index contributed by atoms with van der Waals surface area (Å²) in [5.74, 6) is 1.20. The fourth-order valence-electron chi connectivity index (χ4n) is 2.68. The van der Waals surface area contributed by atoms with Crippen molar-refractivity contribution in [2.24, 2.45) is 11.8 Å². The van der Waals surface area contributed by atoms with Crippen LogP contribution in [0.3, 0.4) is 0 Å². The smallest absolute Gasteiger partial charge is 0.238 e. The number of halogens is 2. The maximum atomic E-state index is 12.0. The van der Waals surface area contributed by atoms with Crippen molar-refractivity contribution in [3.8, 4) is 0 Å². The zero-order valence-electron chi connectivity index (χ0n) is 11.7. The van der Waals surface area contributed by atoms with Crippen LogP contribution in [-0.4, -0.2) is 18.5 Å². The zero-order valence-corrected chi connectivity index (χ0v) is 13.3. The minimum atomic E-state index is -0.119. The van der Waals surface area contributed by atoms with Gasteiger partial charge in [0.25, 0.3) is 0 Å². The second-order valence-corrected chi connectivity index (χ2v) is 6.36. The number of carbonyl (C=O) groups is 1. The fraction of sp³-hybridized carbons (Fsp3) is 0.533. The Morgan fingerprint density at radius 3 is 2.45 bits per heavy atom. The van der Waals surface area contributed by atoms with E-state index in [9.17, 15) is 4.79 Å². The summed E-state index contributed by atoms with van der Waals surface area (Å²) in [6.07, 6.45) is 2.35. The summed E-state index contributed by atoms with van der Waals surface area (Å²) in [7, 11) is 0. The first-order valence-electron chi connectivity index (χ1n) is 6.96. The van der Waals surface area contributed by atoms with E-state index in [1.165, 1.54) is 6.42 Å². The molecule has 2 N–H and O–H groups in total. The highest BCUT2D eigenvalue weighted by Crippen LogP contribution is 2.31. The Labute approximate surface area is 130 Å². The molecule has 2 rings (SSSR count). The van der Waals surface area contributed by atoms with Gasteiger partial charge in [-0.05, 0) is 36.8 Å². The van der Waals surface area contributed by atoms with Gasteiger partial charge in [-0.2, -0.15) is 0 Å². The third-order valence-electron chi connectivity index (χ3n) is 4.22. The molecule has 0 saturated heterocycles. The van der Waals surface area contributed by atoms with Crippen LogP contribution in [-0.2, 0) is 4.79 Å². The van der Waals surface area contributed by atoms with Crippen molar-refractivity contribution >= 4 is 34.8 Å². The zero-order chi connectivity index (χ0) is 14.7. The van der Waals surface area contributed by atoms with E-state index in [-0.39, 0.29) is 12.5 Å². The van der Waals surface area contributed by atoms with Gasteiger partial charge < -0.3 is 10.6 Å². The van der Waals surface area contributed by atoms with Gasteiger partial charge >= 0.3 is 0 Å². The molecule has 3 nitrogen and oxygen atoms in total. The molecule has 1 aromatic carbocycles. The van der Waals surface area contributed by atoms with Crippen LogP contribution in [0.2, 0.25) is 10.0 Å². The molecular formula is C15H20Cl2N2O. The van der Waals surface area contributed by atoms with Crippen LogP contribution in [0.15, 0.2) is 18.2 Å². The molecule has 1 fully saturated rings. The first-order valence-corrected chi connectivity index (χ1v) is 7.72. The van der Waals surface area contributed by atoms with E-state index in [0.29, 0.717) is 33.6 Å². The summed E-state index contributed by atoms with van der Waals surface area (Å²) in [4.78, 5) is 12.0. The van der Waals surface area contributed by atoms with Crippen molar-refractivity contribution in [1.29, 1.82) is 0 Å². The second kappa shape index (κ2) is 6.79. The third kappa shape index (κ3) is 3.66. The van der Waals surface area contributed by atoms with Gasteiger partial charge in [0.05, 0.1) is 22.3 Å². The summed E-state index contributed by atoms with van der Waals surface area (Å²) >= 11 is 12.0. The number of carbonyl (C=O) groups excluding carboxylic acids is 1. The summed E-state index contributed by atoms with van der Waals surface area (Å²) in [6.45, 7) is 4.78. The monoisotopic (exact) mass is 314 g/mol. The van der Waals surface area contributed by atoms with Gasteiger partial charge in [-0.25, -0.2) is 0 Å². The van der Waals surface area contributed by atoms with Gasteiger partial charge in [0.15, 0.2) is 0 Å². The van der Waals surface area contributed by atoms with Crippen molar-refractivity contribution in [3.05, 3.63) is 28.2 Å². The Balaban J connectivity index is 1.87. The highest BCUT2D eigenvalue weighted by Gasteiger charge is 2.29. The summed E-state index contributed by atoms with van der Waals surface area (Å²) in [5, 5.41) is 6.99. The molecule has 0 bridgehead atoms. The Morgan fingerprint density at radius 1 is 1.25 bits per heavy atom. The predicted molar refractivity (Wildman–Crippen MR) is 84.4 cm³/mol. The number of benzene rings is 1. The molecule has 1 amide bonds. The molecule has 3 unspecified atom stereocenters. The van der Waals surface area contributed by atoms with Crippen molar-refractivity contribution in [1.82, 2.24) is 5.32 Å². The molecule has 1 aromatic rings. The van der Waals surface area contributed by atoms with Crippen LogP contribution in [0.1, 0.15) is 26.7 Å². The number of rotatable bonds is 4. The predicted octanol–water partition coefficient (Wildman–Crippen LogP) is 3.96. The molecule has 5 heteroatoms. The van der Waals surface area contributed by atoms with E-state index >= 15 is 0 Å². The minimum Gasteiger partial charge on any atom is -0.322 e. The lowest BCUT2D eigenvalue weighted by Crippen LogP contribution is -2.38. The molecule has 1 aliphatic rings. The molecular weight excluding hydrogens is 295 g/mol. The lowest BCUT2D eigenvalue weighted by Gasteiger charge is -2.19.